The van der Waals surface area contributed by atoms with Gasteiger partial charge in [-0.15, -0.1) is 0 Å². The molecule has 0 saturated carbocycles. The topological polar surface area (TPSA) is 166 Å². The summed E-state index contributed by atoms with van der Waals surface area (Å²) in [7, 11) is 0. The standard InChI is InChI=1S/C8H16O2.C6H12O3.C5H9FO3.C5H10O3.CH4/c1-6(2)10-8(4,5)7(3)9;1-4(2)9-5(3)6(7)8;1-3(2)9-4(6)5(7)8;1-4(2)8-3-5(6)7;/h6H,1-5H3;4-5H,1-3H3,(H,7,8);3-4H,1-2H3,(H,7,8);4H,3H2,1-2H3,(H,6,7);1H4. The number of carbonyl (C=O) groups is 4. The van der Waals surface area contributed by atoms with Crippen LogP contribution in [-0.2, 0) is 38.1 Å². The molecule has 0 aromatic rings. The highest BCUT2D eigenvalue weighted by atomic mass is 19.1. The maximum atomic E-state index is 12.0. The molecule has 0 rings (SSSR count). The highest BCUT2D eigenvalue weighted by molar-refractivity contribution is 5.83. The first-order valence-electron chi connectivity index (χ1n) is 11.5. The molecule has 0 heterocycles. The molecule has 224 valence electrons. The number of alkyl halides is 1. The molecule has 3 N–H and O–H groups in total. The molecule has 0 radical (unpaired) electrons. The smallest absolute Gasteiger partial charge is 0.366 e. The molecule has 2 unspecified atom stereocenters. The zero-order valence-electron chi connectivity index (χ0n) is 23.7. The van der Waals surface area contributed by atoms with Gasteiger partial charge in [-0.3, -0.25) is 4.79 Å². The first-order valence-corrected chi connectivity index (χ1v) is 11.5. The van der Waals surface area contributed by atoms with Crippen molar-refractivity contribution in [3.8, 4) is 0 Å². The Morgan fingerprint density at radius 1 is 0.730 bits per heavy atom. The van der Waals surface area contributed by atoms with Gasteiger partial charge < -0.3 is 34.3 Å². The fourth-order valence-corrected chi connectivity index (χ4v) is 1.67. The first kappa shape index (κ1) is 44.8. The van der Waals surface area contributed by atoms with Gasteiger partial charge in [0.2, 0.25) is 0 Å². The number of halogens is 1. The van der Waals surface area contributed by atoms with Gasteiger partial charge >= 0.3 is 17.9 Å². The van der Waals surface area contributed by atoms with Crippen molar-refractivity contribution in [2.45, 2.75) is 133 Å². The summed E-state index contributed by atoms with van der Waals surface area (Å²) < 4.78 is 31.2. The number of ether oxygens (including phenoxy) is 4. The zero-order valence-corrected chi connectivity index (χ0v) is 23.7. The largest absolute Gasteiger partial charge is 0.480 e. The molecule has 0 spiro atoms. The van der Waals surface area contributed by atoms with E-state index in [1.54, 1.807) is 62.3 Å². The summed E-state index contributed by atoms with van der Waals surface area (Å²) in [6.07, 6.45) is -3.17. The minimum absolute atomic E-state index is 0. The van der Waals surface area contributed by atoms with Crippen molar-refractivity contribution in [2.24, 2.45) is 0 Å². The Bertz CT molecular complexity index is 592. The van der Waals surface area contributed by atoms with E-state index in [1.807, 2.05) is 13.8 Å². The van der Waals surface area contributed by atoms with E-state index in [0.717, 1.165) is 0 Å². The van der Waals surface area contributed by atoms with Crippen LogP contribution < -0.4 is 0 Å². The lowest BCUT2D eigenvalue weighted by molar-refractivity contribution is -0.167. The summed E-state index contributed by atoms with van der Waals surface area (Å²) in [6.45, 7) is 20.6. The fourth-order valence-electron chi connectivity index (χ4n) is 1.67. The third-order valence-electron chi connectivity index (χ3n) is 3.33. The number of ketones is 1. The predicted octanol–water partition coefficient (Wildman–Crippen LogP) is 4.59. The summed E-state index contributed by atoms with van der Waals surface area (Å²) in [5.41, 5.74) is -0.617. The van der Waals surface area contributed by atoms with Gasteiger partial charge in [0, 0.05) is 0 Å². The third kappa shape index (κ3) is 38.5. The van der Waals surface area contributed by atoms with Crippen LogP contribution >= 0.6 is 0 Å². The van der Waals surface area contributed by atoms with Crippen LogP contribution in [0.4, 0.5) is 4.39 Å². The number of hydrogen-bond acceptors (Lipinski definition) is 8. The van der Waals surface area contributed by atoms with Crippen LogP contribution in [0.1, 0.15) is 90.5 Å². The fraction of sp³-hybridized carbons (Fsp3) is 0.840. The Hall–Kier alpha value is -2.15. The van der Waals surface area contributed by atoms with Crippen molar-refractivity contribution < 1.29 is 57.8 Å². The van der Waals surface area contributed by atoms with Gasteiger partial charge in [0.1, 0.15) is 12.2 Å². The van der Waals surface area contributed by atoms with E-state index < -0.39 is 42.1 Å². The molecule has 0 saturated heterocycles. The quantitative estimate of drug-likeness (QED) is 0.313. The average Bonchev–Trinajstić information content (AvgIpc) is 2.65. The maximum absolute atomic E-state index is 12.0. The van der Waals surface area contributed by atoms with Gasteiger partial charge in [-0.25, -0.2) is 18.8 Å². The van der Waals surface area contributed by atoms with Crippen molar-refractivity contribution in [1.82, 2.24) is 0 Å². The molecule has 2 atom stereocenters. The number of Topliss-reactive ketones (excluding diaryl/α,β-unsaturated/α-hetero) is 1. The van der Waals surface area contributed by atoms with Gasteiger partial charge in [0.05, 0.1) is 24.4 Å². The van der Waals surface area contributed by atoms with Crippen molar-refractivity contribution in [2.75, 3.05) is 6.61 Å². The predicted molar refractivity (Wildman–Crippen MR) is 139 cm³/mol. The molecule has 11 nitrogen and oxygen atoms in total. The highest BCUT2D eigenvalue weighted by Crippen LogP contribution is 2.12. The molecule has 0 aromatic heterocycles. The summed E-state index contributed by atoms with van der Waals surface area (Å²) in [5.74, 6) is -3.34. The number of carboxylic acids is 3. The molecule has 0 amide bonds. The first-order chi connectivity index (χ1) is 16.1. The lowest BCUT2D eigenvalue weighted by atomic mass is 10.1. The number of hydrogen-bond donors (Lipinski definition) is 3. The molecule has 0 aliphatic carbocycles. The maximum Gasteiger partial charge on any atom is 0.366 e. The van der Waals surface area contributed by atoms with E-state index in [2.05, 4.69) is 4.74 Å². The van der Waals surface area contributed by atoms with Crippen LogP contribution in [0.2, 0.25) is 0 Å². The van der Waals surface area contributed by atoms with E-state index in [1.165, 1.54) is 6.92 Å². The van der Waals surface area contributed by atoms with E-state index >= 15 is 0 Å². The number of carboxylic acid groups (broad SMARTS) is 3. The second kappa shape index (κ2) is 24.2. The van der Waals surface area contributed by atoms with Crippen LogP contribution in [0.15, 0.2) is 0 Å². The lowest BCUT2D eigenvalue weighted by Gasteiger charge is -2.24. The SMILES string of the molecule is C.CC(=O)C(C)(C)OC(C)C.CC(C)OC(C)C(=O)O.CC(C)OC(F)C(=O)O.CC(C)OCC(=O)O. The van der Waals surface area contributed by atoms with E-state index in [-0.39, 0.29) is 38.1 Å². The van der Waals surface area contributed by atoms with Gasteiger partial charge in [-0.2, -0.15) is 0 Å². The summed E-state index contributed by atoms with van der Waals surface area (Å²) in [6, 6.07) is 0. The Balaban J connectivity index is -0.000000122. The molecular weight excluding hydrogens is 495 g/mol. The Labute approximate surface area is 221 Å². The van der Waals surface area contributed by atoms with Gasteiger partial charge in [-0.1, -0.05) is 7.43 Å². The van der Waals surface area contributed by atoms with E-state index in [0.29, 0.717) is 0 Å². The van der Waals surface area contributed by atoms with Gasteiger partial charge in [0.15, 0.2) is 11.9 Å². The van der Waals surface area contributed by atoms with Crippen LogP contribution in [-0.4, -0.2) is 88.1 Å². The summed E-state index contributed by atoms with van der Waals surface area (Å²) in [5, 5.41) is 24.3. The number of aliphatic carboxylic acids is 3. The minimum Gasteiger partial charge on any atom is -0.480 e. The number of rotatable bonds is 12. The molecular formula is C25H51FO11. The molecule has 12 heteroatoms. The van der Waals surface area contributed by atoms with Crippen molar-refractivity contribution in [3.05, 3.63) is 0 Å². The minimum atomic E-state index is -2.19. The molecule has 0 bridgehead atoms. The molecule has 0 fully saturated rings. The highest BCUT2D eigenvalue weighted by Gasteiger charge is 2.25. The third-order valence-corrected chi connectivity index (χ3v) is 3.33. The monoisotopic (exact) mass is 546 g/mol. The van der Waals surface area contributed by atoms with E-state index in [4.69, 9.17) is 29.5 Å². The second-order valence-electron chi connectivity index (χ2n) is 8.99. The van der Waals surface area contributed by atoms with Crippen molar-refractivity contribution >= 4 is 23.7 Å². The van der Waals surface area contributed by atoms with Gasteiger partial charge in [-0.05, 0) is 83.1 Å². The zero-order chi connectivity index (χ0) is 29.8. The van der Waals surface area contributed by atoms with Crippen LogP contribution in [0.5, 0.6) is 0 Å². The Morgan fingerprint density at radius 2 is 1.14 bits per heavy atom. The molecule has 0 aromatic carbocycles. The number of carbonyl (C=O) groups excluding carboxylic acids is 1. The molecule has 37 heavy (non-hydrogen) atoms. The van der Waals surface area contributed by atoms with Crippen LogP contribution in [0, 0.1) is 0 Å². The van der Waals surface area contributed by atoms with Crippen LogP contribution in [0.3, 0.4) is 0 Å². The van der Waals surface area contributed by atoms with Crippen LogP contribution in [0.25, 0.3) is 0 Å². The van der Waals surface area contributed by atoms with E-state index in [9.17, 15) is 23.6 Å². The molecule has 0 aliphatic heterocycles. The average molecular weight is 547 g/mol. The molecule has 0 aliphatic rings. The van der Waals surface area contributed by atoms with Gasteiger partial charge in [0.25, 0.3) is 6.36 Å². The summed E-state index contributed by atoms with van der Waals surface area (Å²) >= 11 is 0. The summed E-state index contributed by atoms with van der Waals surface area (Å²) in [4.78, 5) is 40.5. The Morgan fingerprint density at radius 3 is 1.24 bits per heavy atom. The lowest BCUT2D eigenvalue weighted by Crippen LogP contribution is -2.35. The van der Waals surface area contributed by atoms with Crippen molar-refractivity contribution in [3.63, 3.8) is 0 Å². The second-order valence-corrected chi connectivity index (χ2v) is 8.99. The van der Waals surface area contributed by atoms with Crippen molar-refractivity contribution in [1.29, 1.82) is 0 Å². The normalized spacial score (nSPS) is 12.1. The Kier molecular flexibility index (Phi) is 29.3.